The molecule has 2 N–H and O–H groups in total. The molecule has 112 valence electrons. The summed E-state index contributed by atoms with van der Waals surface area (Å²) in [4.78, 5) is 25.3. The van der Waals surface area contributed by atoms with Gasteiger partial charge in [0.05, 0.1) is 11.1 Å². The molecule has 0 bridgehead atoms. The number of carbonyl (C=O) groups is 1. The molecule has 0 atom stereocenters. The summed E-state index contributed by atoms with van der Waals surface area (Å²) in [6, 6.07) is 7.41. The van der Waals surface area contributed by atoms with E-state index < -0.39 is 10.8 Å². The zero-order chi connectivity index (χ0) is 16.1. The number of nitro groups is 1. The maximum atomic E-state index is 11.8. The molecular formula is C14H12N4O4. The zero-order valence-corrected chi connectivity index (χ0v) is 11.6. The van der Waals surface area contributed by atoms with E-state index in [1.165, 1.54) is 24.4 Å². The number of carbonyl (C=O) groups excluding carboxylic acids is 1. The van der Waals surface area contributed by atoms with Crippen LogP contribution < -0.4 is 5.43 Å². The summed E-state index contributed by atoms with van der Waals surface area (Å²) in [5.74, 6) is -0.564. The number of rotatable bonds is 4. The minimum absolute atomic E-state index is 0.00300. The number of pyridine rings is 1. The molecule has 8 heteroatoms. The first-order chi connectivity index (χ1) is 10.5. The first-order valence-electron chi connectivity index (χ1n) is 6.21. The predicted octanol–water partition coefficient (Wildman–Crippen LogP) is 1.77. The second kappa shape index (κ2) is 6.44. The third-order valence-electron chi connectivity index (χ3n) is 2.85. The Morgan fingerprint density at radius 2 is 2.18 bits per heavy atom. The Balaban J connectivity index is 2.06. The Labute approximate surface area is 125 Å². The van der Waals surface area contributed by atoms with Crippen molar-refractivity contribution >= 4 is 17.8 Å². The van der Waals surface area contributed by atoms with Gasteiger partial charge < -0.3 is 5.11 Å². The van der Waals surface area contributed by atoms with Crippen molar-refractivity contribution in [2.24, 2.45) is 5.10 Å². The van der Waals surface area contributed by atoms with E-state index in [0.29, 0.717) is 5.56 Å². The third kappa shape index (κ3) is 3.42. The number of aryl methyl sites for hydroxylation is 1. The predicted molar refractivity (Wildman–Crippen MR) is 78.8 cm³/mol. The number of nitrogens with one attached hydrogen (secondary N) is 1. The molecule has 1 heterocycles. The lowest BCUT2D eigenvalue weighted by molar-refractivity contribution is -0.385. The standard InChI is InChI=1S/C14H12N4O4/c1-9-3-2-4-13(19)11(9)8-16-17-14(20)12-6-5-10(7-15-12)18(21)22/h2-8,19H,1H3,(H,17,20)/b16-8+. The van der Waals surface area contributed by atoms with Gasteiger partial charge in [-0.25, -0.2) is 10.4 Å². The fourth-order valence-electron chi connectivity index (χ4n) is 1.67. The van der Waals surface area contributed by atoms with Gasteiger partial charge in [-0.2, -0.15) is 5.10 Å². The molecule has 0 aliphatic heterocycles. The number of hydrazone groups is 1. The second-order valence-corrected chi connectivity index (χ2v) is 4.37. The van der Waals surface area contributed by atoms with Gasteiger partial charge in [0.15, 0.2) is 0 Å². The van der Waals surface area contributed by atoms with E-state index in [-0.39, 0.29) is 17.1 Å². The van der Waals surface area contributed by atoms with Crippen molar-refractivity contribution in [3.8, 4) is 5.75 Å². The number of benzene rings is 1. The van der Waals surface area contributed by atoms with Crippen molar-refractivity contribution in [1.29, 1.82) is 0 Å². The summed E-state index contributed by atoms with van der Waals surface area (Å²) in [5, 5.41) is 23.9. The van der Waals surface area contributed by atoms with Crippen LogP contribution in [0.1, 0.15) is 21.6 Å². The summed E-state index contributed by atoms with van der Waals surface area (Å²) in [5.41, 5.74) is 3.31. The van der Waals surface area contributed by atoms with E-state index in [4.69, 9.17) is 0 Å². The zero-order valence-electron chi connectivity index (χ0n) is 11.6. The number of nitrogens with zero attached hydrogens (tertiary/aromatic N) is 3. The van der Waals surface area contributed by atoms with Crippen LogP contribution in [0.15, 0.2) is 41.6 Å². The van der Waals surface area contributed by atoms with E-state index in [2.05, 4.69) is 15.5 Å². The Morgan fingerprint density at radius 3 is 2.77 bits per heavy atom. The molecule has 0 radical (unpaired) electrons. The minimum Gasteiger partial charge on any atom is -0.507 e. The van der Waals surface area contributed by atoms with Gasteiger partial charge in [-0.1, -0.05) is 12.1 Å². The van der Waals surface area contributed by atoms with Crippen LogP contribution in [0.2, 0.25) is 0 Å². The molecule has 22 heavy (non-hydrogen) atoms. The van der Waals surface area contributed by atoms with E-state index in [1.807, 2.05) is 0 Å². The van der Waals surface area contributed by atoms with Crippen LogP contribution in [0.4, 0.5) is 5.69 Å². The van der Waals surface area contributed by atoms with Gasteiger partial charge in [0, 0.05) is 11.6 Å². The van der Waals surface area contributed by atoms with Gasteiger partial charge in [0.1, 0.15) is 17.6 Å². The number of hydrogen-bond donors (Lipinski definition) is 2. The maximum absolute atomic E-state index is 11.8. The second-order valence-electron chi connectivity index (χ2n) is 4.37. The summed E-state index contributed by atoms with van der Waals surface area (Å²) >= 11 is 0. The lowest BCUT2D eigenvalue weighted by Gasteiger charge is -2.02. The van der Waals surface area contributed by atoms with Crippen molar-refractivity contribution in [3.05, 3.63) is 63.5 Å². The van der Waals surface area contributed by atoms with Gasteiger partial charge >= 0.3 is 0 Å². The first kappa shape index (κ1) is 15.1. The minimum atomic E-state index is -0.612. The summed E-state index contributed by atoms with van der Waals surface area (Å²) in [6.07, 6.45) is 2.31. The van der Waals surface area contributed by atoms with Crippen molar-refractivity contribution in [2.45, 2.75) is 6.92 Å². The molecule has 0 fully saturated rings. The molecule has 8 nitrogen and oxygen atoms in total. The van der Waals surface area contributed by atoms with Crippen molar-refractivity contribution in [2.75, 3.05) is 0 Å². The number of phenolic OH excluding ortho intramolecular Hbond substituents is 1. The smallest absolute Gasteiger partial charge is 0.289 e. The van der Waals surface area contributed by atoms with Crippen LogP contribution in [0.3, 0.4) is 0 Å². The molecule has 0 spiro atoms. The molecule has 0 aliphatic carbocycles. The van der Waals surface area contributed by atoms with Crippen molar-refractivity contribution in [1.82, 2.24) is 10.4 Å². The highest BCUT2D eigenvalue weighted by atomic mass is 16.6. The molecule has 1 aromatic carbocycles. The molecule has 0 saturated heterocycles. The highest BCUT2D eigenvalue weighted by Crippen LogP contribution is 2.17. The number of aromatic hydroxyl groups is 1. The molecule has 1 amide bonds. The van der Waals surface area contributed by atoms with Gasteiger partial charge in [-0.3, -0.25) is 14.9 Å². The van der Waals surface area contributed by atoms with Gasteiger partial charge in [-0.05, 0) is 24.6 Å². The van der Waals surface area contributed by atoms with Gasteiger partial charge in [-0.15, -0.1) is 0 Å². The van der Waals surface area contributed by atoms with Gasteiger partial charge in [0.25, 0.3) is 11.6 Å². The summed E-state index contributed by atoms with van der Waals surface area (Å²) in [6.45, 7) is 1.79. The summed E-state index contributed by atoms with van der Waals surface area (Å²) < 4.78 is 0. The van der Waals surface area contributed by atoms with Crippen molar-refractivity contribution < 1.29 is 14.8 Å². The van der Waals surface area contributed by atoms with E-state index in [1.54, 1.807) is 19.1 Å². The largest absolute Gasteiger partial charge is 0.507 e. The molecule has 0 unspecified atom stereocenters. The number of amides is 1. The van der Waals surface area contributed by atoms with Crippen LogP contribution in [0, 0.1) is 17.0 Å². The lowest BCUT2D eigenvalue weighted by atomic mass is 10.1. The van der Waals surface area contributed by atoms with Crippen molar-refractivity contribution in [3.63, 3.8) is 0 Å². The summed E-state index contributed by atoms with van der Waals surface area (Å²) in [7, 11) is 0. The molecule has 2 rings (SSSR count). The van der Waals surface area contributed by atoms with Crippen LogP contribution in [-0.4, -0.2) is 27.1 Å². The lowest BCUT2D eigenvalue weighted by Crippen LogP contribution is -2.19. The maximum Gasteiger partial charge on any atom is 0.289 e. The number of phenols is 1. The molecular weight excluding hydrogens is 288 g/mol. The van der Waals surface area contributed by atoms with E-state index >= 15 is 0 Å². The average Bonchev–Trinajstić information content (AvgIpc) is 2.50. The molecule has 1 aromatic heterocycles. The Kier molecular flexibility index (Phi) is 4.42. The molecule has 0 saturated carbocycles. The van der Waals surface area contributed by atoms with E-state index in [9.17, 15) is 20.0 Å². The Hall–Kier alpha value is -3.29. The first-order valence-corrected chi connectivity index (χ1v) is 6.21. The van der Waals surface area contributed by atoms with Gasteiger partial charge in [0.2, 0.25) is 0 Å². The topological polar surface area (TPSA) is 118 Å². The molecule has 2 aromatic rings. The number of hydrogen-bond acceptors (Lipinski definition) is 6. The SMILES string of the molecule is Cc1cccc(O)c1/C=N/NC(=O)c1ccc([N+](=O)[O-])cn1. The Bertz CT molecular complexity index is 721. The number of aromatic nitrogens is 1. The third-order valence-corrected chi connectivity index (χ3v) is 2.85. The van der Waals surface area contributed by atoms with E-state index in [0.717, 1.165) is 11.8 Å². The molecule has 0 aliphatic rings. The monoisotopic (exact) mass is 300 g/mol. The fraction of sp³-hybridized carbons (Fsp3) is 0.0714. The normalized spacial score (nSPS) is 10.6. The fourth-order valence-corrected chi connectivity index (χ4v) is 1.67. The van der Waals surface area contributed by atoms with Crippen LogP contribution in [0.25, 0.3) is 0 Å². The quantitative estimate of drug-likeness (QED) is 0.507. The highest BCUT2D eigenvalue weighted by molar-refractivity contribution is 5.93. The van der Waals surface area contributed by atoms with Crippen LogP contribution in [0.5, 0.6) is 5.75 Å². The average molecular weight is 300 g/mol. The Morgan fingerprint density at radius 1 is 1.41 bits per heavy atom. The van der Waals surface area contributed by atoms with Crippen LogP contribution in [-0.2, 0) is 0 Å². The highest BCUT2D eigenvalue weighted by Gasteiger charge is 2.10. The van der Waals surface area contributed by atoms with Crippen LogP contribution >= 0.6 is 0 Å².